The third-order valence-electron chi connectivity index (χ3n) is 5.01. The van der Waals surface area contributed by atoms with Crippen LogP contribution in [0.15, 0.2) is 72.9 Å². The number of carbonyl (C=O) groups excluding carboxylic acids is 1. The van der Waals surface area contributed by atoms with Gasteiger partial charge in [-0.1, -0.05) is 36.4 Å². The van der Waals surface area contributed by atoms with E-state index in [1.807, 2.05) is 61.5 Å². The maximum absolute atomic E-state index is 12.7. The summed E-state index contributed by atoms with van der Waals surface area (Å²) in [7, 11) is 1.77. The summed E-state index contributed by atoms with van der Waals surface area (Å²) in [5, 5.41) is 0. The number of amides is 1. The Balaban J connectivity index is 1.54. The van der Waals surface area contributed by atoms with Gasteiger partial charge in [0.15, 0.2) is 0 Å². The first-order chi connectivity index (χ1) is 14.6. The van der Waals surface area contributed by atoms with Crippen molar-refractivity contribution in [3.05, 3.63) is 90.0 Å². The first kappa shape index (κ1) is 19.6. The Hall–Kier alpha value is -3.67. The van der Waals surface area contributed by atoms with Gasteiger partial charge in [-0.15, -0.1) is 0 Å². The highest BCUT2D eigenvalue weighted by molar-refractivity contribution is 5.92. The van der Waals surface area contributed by atoms with Crippen LogP contribution in [0.2, 0.25) is 0 Å². The number of pyridine rings is 1. The standard InChI is InChI=1S/C24H24N4O2/c1-18-9-3-6-13-22(18)30-16-15-28-21-12-5-4-10-19(21)26-23(28)17-27(2)24(29)20-11-7-8-14-25-20/h3-14H,15-17H2,1-2H3. The molecule has 0 fully saturated rings. The lowest BCUT2D eigenvalue weighted by Gasteiger charge is -2.18. The summed E-state index contributed by atoms with van der Waals surface area (Å²) in [6, 6.07) is 21.3. The second kappa shape index (κ2) is 8.78. The number of carbonyl (C=O) groups is 1. The van der Waals surface area contributed by atoms with E-state index in [9.17, 15) is 4.79 Å². The predicted octanol–water partition coefficient (Wildman–Crippen LogP) is 4.09. The lowest BCUT2D eigenvalue weighted by atomic mass is 10.2. The summed E-state index contributed by atoms with van der Waals surface area (Å²) in [5.74, 6) is 1.56. The number of aryl methyl sites for hydroxylation is 1. The molecule has 0 aliphatic carbocycles. The maximum Gasteiger partial charge on any atom is 0.272 e. The Bertz CT molecular complexity index is 1150. The van der Waals surface area contributed by atoms with E-state index in [1.54, 1.807) is 30.3 Å². The monoisotopic (exact) mass is 400 g/mol. The lowest BCUT2D eigenvalue weighted by Crippen LogP contribution is -2.28. The van der Waals surface area contributed by atoms with Gasteiger partial charge in [-0.2, -0.15) is 0 Å². The van der Waals surface area contributed by atoms with E-state index in [4.69, 9.17) is 9.72 Å². The van der Waals surface area contributed by atoms with Crippen LogP contribution in [0.3, 0.4) is 0 Å². The molecule has 0 aliphatic heterocycles. The highest BCUT2D eigenvalue weighted by atomic mass is 16.5. The molecule has 0 bridgehead atoms. The number of hydrogen-bond acceptors (Lipinski definition) is 4. The minimum Gasteiger partial charge on any atom is -0.491 e. The number of imidazole rings is 1. The molecule has 0 saturated carbocycles. The summed E-state index contributed by atoms with van der Waals surface area (Å²) >= 11 is 0. The summed E-state index contributed by atoms with van der Waals surface area (Å²) in [4.78, 5) is 23.3. The van der Waals surface area contributed by atoms with Crippen molar-refractivity contribution in [2.45, 2.75) is 20.0 Å². The topological polar surface area (TPSA) is 60.2 Å². The Morgan fingerprint density at radius 2 is 1.80 bits per heavy atom. The Kier molecular flexibility index (Phi) is 5.75. The third-order valence-corrected chi connectivity index (χ3v) is 5.01. The van der Waals surface area contributed by atoms with Crippen molar-refractivity contribution >= 4 is 16.9 Å². The lowest BCUT2D eigenvalue weighted by molar-refractivity contribution is 0.0774. The van der Waals surface area contributed by atoms with E-state index in [-0.39, 0.29) is 5.91 Å². The van der Waals surface area contributed by atoms with Crippen molar-refractivity contribution in [3.63, 3.8) is 0 Å². The van der Waals surface area contributed by atoms with Gasteiger partial charge in [-0.25, -0.2) is 4.98 Å². The molecule has 6 nitrogen and oxygen atoms in total. The van der Waals surface area contributed by atoms with Gasteiger partial charge in [0, 0.05) is 13.2 Å². The zero-order chi connectivity index (χ0) is 20.9. The van der Waals surface area contributed by atoms with Crippen molar-refractivity contribution < 1.29 is 9.53 Å². The molecule has 2 heterocycles. The van der Waals surface area contributed by atoms with Gasteiger partial charge in [-0.05, 0) is 42.8 Å². The van der Waals surface area contributed by atoms with Gasteiger partial charge in [-0.3, -0.25) is 9.78 Å². The molecule has 2 aromatic carbocycles. The Morgan fingerprint density at radius 1 is 1.03 bits per heavy atom. The molecule has 0 radical (unpaired) electrons. The molecule has 0 saturated heterocycles. The molecule has 0 N–H and O–H groups in total. The van der Waals surface area contributed by atoms with Crippen molar-refractivity contribution in [2.75, 3.05) is 13.7 Å². The number of ether oxygens (including phenoxy) is 1. The van der Waals surface area contributed by atoms with E-state index in [0.717, 1.165) is 28.2 Å². The summed E-state index contributed by atoms with van der Waals surface area (Å²) < 4.78 is 8.12. The molecule has 152 valence electrons. The molecule has 0 atom stereocenters. The number of benzene rings is 2. The Labute approximate surface area is 175 Å². The van der Waals surface area contributed by atoms with Crippen LogP contribution < -0.4 is 4.74 Å². The molecular weight excluding hydrogens is 376 g/mol. The second-order valence-corrected chi connectivity index (χ2v) is 7.16. The largest absolute Gasteiger partial charge is 0.491 e. The summed E-state index contributed by atoms with van der Waals surface area (Å²) in [6.45, 7) is 3.56. The van der Waals surface area contributed by atoms with Crippen LogP contribution in [-0.2, 0) is 13.1 Å². The molecule has 4 rings (SSSR count). The van der Waals surface area contributed by atoms with Crippen molar-refractivity contribution in [1.82, 2.24) is 19.4 Å². The molecule has 30 heavy (non-hydrogen) atoms. The van der Waals surface area contributed by atoms with Crippen LogP contribution in [0.1, 0.15) is 21.9 Å². The van der Waals surface area contributed by atoms with Crippen molar-refractivity contribution in [2.24, 2.45) is 0 Å². The van der Waals surface area contributed by atoms with Crippen molar-refractivity contribution in [3.8, 4) is 5.75 Å². The number of rotatable bonds is 7. The number of hydrogen-bond donors (Lipinski definition) is 0. The first-order valence-corrected chi connectivity index (χ1v) is 9.92. The molecule has 0 unspecified atom stereocenters. The minimum atomic E-state index is -0.134. The second-order valence-electron chi connectivity index (χ2n) is 7.16. The molecular formula is C24H24N4O2. The van der Waals surface area contributed by atoms with Crippen LogP contribution in [0.5, 0.6) is 5.75 Å². The average molecular weight is 400 g/mol. The zero-order valence-corrected chi connectivity index (χ0v) is 17.2. The van der Waals surface area contributed by atoms with Crippen LogP contribution >= 0.6 is 0 Å². The SMILES string of the molecule is Cc1ccccc1OCCn1c(CN(C)C(=O)c2ccccn2)nc2ccccc21. The van der Waals surface area contributed by atoms with Gasteiger partial charge in [0.05, 0.1) is 24.1 Å². The van der Waals surface area contributed by atoms with Gasteiger partial charge in [0.2, 0.25) is 0 Å². The zero-order valence-electron chi connectivity index (χ0n) is 17.2. The molecule has 1 amide bonds. The van der Waals surface area contributed by atoms with E-state index in [2.05, 4.69) is 9.55 Å². The van der Waals surface area contributed by atoms with Crippen LogP contribution in [0.25, 0.3) is 11.0 Å². The molecule has 2 aromatic heterocycles. The van der Waals surface area contributed by atoms with Crippen LogP contribution in [-0.4, -0.2) is 39.0 Å². The number of nitrogens with zero attached hydrogens (tertiary/aromatic N) is 4. The van der Waals surface area contributed by atoms with E-state index < -0.39 is 0 Å². The summed E-state index contributed by atoms with van der Waals surface area (Å²) in [6.07, 6.45) is 1.62. The van der Waals surface area contributed by atoms with Crippen LogP contribution in [0, 0.1) is 6.92 Å². The maximum atomic E-state index is 12.7. The van der Waals surface area contributed by atoms with Gasteiger partial charge < -0.3 is 14.2 Å². The van der Waals surface area contributed by atoms with Gasteiger partial charge in [0.1, 0.15) is 23.9 Å². The normalized spacial score (nSPS) is 10.9. The van der Waals surface area contributed by atoms with Crippen molar-refractivity contribution in [1.29, 1.82) is 0 Å². The minimum absolute atomic E-state index is 0.134. The van der Waals surface area contributed by atoms with Gasteiger partial charge in [0.25, 0.3) is 5.91 Å². The third kappa shape index (κ3) is 4.17. The molecule has 0 aliphatic rings. The quantitative estimate of drug-likeness (QED) is 0.469. The number of aromatic nitrogens is 3. The van der Waals surface area contributed by atoms with Crippen LogP contribution in [0.4, 0.5) is 0 Å². The molecule has 0 spiro atoms. The average Bonchev–Trinajstić information content (AvgIpc) is 3.12. The smallest absolute Gasteiger partial charge is 0.272 e. The highest BCUT2D eigenvalue weighted by Gasteiger charge is 2.17. The fourth-order valence-corrected chi connectivity index (χ4v) is 3.43. The van der Waals surface area contributed by atoms with E-state index >= 15 is 0 Å². The highest BCUT2D eigenvalue weighted by Crippen LogP contribution is 2.19. The molecule has 6 heteroatoms. The first-order valence-electron chi connectivity index (χ1n) is 9.92. The van der Waals surface area contributed by atoms with Gasteiger partial charge >= 0.3 is 0 Å². The summed E-state index contributed by atoms with van der Waals surface area (Å²) in [5.41, 5.74) is 3.46. The fourth-order valence-electron chi connectivity index (χ4n) is 3.43. The number of para-hydroxylation sites is 3. The predicted molar refractivity (Wildman–Crippen MR) is 116 cm³/mol. The van der Waals surface area contributed by atoms with E-state index in [0.29, 0.717) is 25.4 Å². The number of fused-ring (bicyclic) bond motifs is 1. The fraction of sp³-hybridized carbons (Fsp3) is 0.208. The Morgan fingerprint density at radius 3 is 2.60 bits per heavy atom. The van der Waals surface area contributed by atoms with E-state index in [1.165, 1.54) is 0 Å². The molecule has 4 aromatic rings.